The molecule has 1 aromatic heterocycles. The van der Waals surface area contributed by atoms with Gasteiger partial charge in [0.15, 0.2) is 5.96 Å². The minimum atomic E-state index is 0. The number of guanidine groups is 1. The predicted molar refractivity (Wildman–Crippen MR) is 137 cm³/mol. The summed E-state index contributed by atoms with van der Waals surface area (Å²) in [5, 5.41) is 6.72. The highest BCUT2D eigenvalue weighted by Crippen LogP contribution is 2.26. The Bertz CT molecular complexity index is 657. The third-order valence-electron chi connectivity index (χ3n) is 5.99. The van der Waals surface area contributed by atoms with Gasteiger partial charge in [-0.2, -0.15) is 0 Å². The van der Waals surface area contributed by atoms with Gasteiger partial charge in [-0.05, 0) is 38.3 Å². The first-order valence-corrected chi connectivity index (χ1v) is 11.9. The van der Waals surface area contributed by atoms with Crippen molar-refractivity contribution in [2.24, 2.45) is 10.9 Å². The fourth-order valence-electron chi connectivity index (χ4n) is 4.22. The number of piperazine rings is 1. The molecular weight excluding hydrogens is 521 g/mol. The molecule has 2 heterocycles. The number of aliphatic imine (C=N–C) groups is 1. The van der Waals surface area contributed by atoms with E-state index in [1.807, 2.05) is 12.1 Å². The van der Waals surface area contributed by atoms with Gasteiger partial charge in [-0.1, -0.05) is 12.8 Å². The first kappa shape index (κ1) is 26.9. The summed E-state index contributed by atoms with van der Waals surface area (Å²) >= 11 is 0. The molecule has 3 rings (SSSR count). The Kier molecular flexibility index (Phi) is 13.0. The molecule has 32 heavy (non-hydrogen) atoms. The molecule has 2 aliphatic rings. The minimum absolute atomic E-state index is 0. The van der Waals surface area contributed by atoms with Crippen LogP contribution in [0, 0.1) is 5.92 Å². The second-order valence-corrected chi connectivity index (χ2v) is 8.32. The fraction of sp³-hybridized carbons (Fsp3) is 0.739. The highest BCUT2D eigenvalue weighted by atomic mass is 127. The van der Waals surface area contributed by atoms with Crippen LogP contribution in [0.2, 0.25) is 0 Å². The summed E-state index contributed by atoms with van der Waals surface area (Å²) < 4.78 is 10.8. The molecule has 0 radical (unpaired) electrons. The Balaban J connectivity index is 0.00000363. The third-order valence-corrected chi connectivity index (χ3v) is 5.99. The average Bonchev–Trinajstić information content (AvgIpc) is 3.50. The van der Waals surface area contributed by atoms with Crippen molar-refractivity contribution in [3.8, 4) is 0 Å². The minimum Gasteiger partial charge on any atom is -0.467 e. The molecule has 9 heteroatoms. The van der Waals surface area contributed by atoms with Crippen molar-refractivity contribution in [2.75, 3.05) is 59.0 Å². The van der Waals surface area contributed by atoms with Gasteiger partial charge in [0.05, 0.1) is 6.26 Å². The van der Waals surface area contributed by atoms with E-state index in [0.717, 1.165) is 83.3 Å². The topological polar surface area (TPSA) is 82.3 Å². The normalized spacial score (nSPS) is 17.9. The Morgan fingerprint density at radius 1 is 1.22 bits per heavy atom. The molecule has 1 saturated carbocycles. The van der Waals surface area contributed by atoms with Crippen LogP contribution in [-0.4, -0.2) is 80.6 Å². The lowest BCUT2D eigenvalue weighted by atomic mass is 10.1. The number of nitrogens with one attached hydrogen (secondary N) is 2. The molecular formula is C23H40IN5O3. The molecule has 2 N–H and O–H groups in total. The van der Waals surface area contributed by atoms with E-state index in [0.29, 0.717) is 25.0 Å². The molecule has 0 bridgehead atoms. The number of hydrogen-bond donors (Lipinski definition) is 2. The third kappa shape index (κ3) is 9.27. The van der Waals surface area contributed by atoms with Crippen LogP contribution >= 0.6 is 24.0 Å². The van der Waals surface area contributed by atoms with Gasteiger partial charge in [0.25, 0.3) is 0 Å². The van der Waals surface area contributed by atoms with Crippen LogP contribution < -0.4 is 10.6 Å². The Morgan fingerprint density at radius 3 is 2.69 bits per heavy atom. The molecule has 1 amide bonds. The SMILES string of the molecule is CCNC(=NCCCOCc1ccco1)NCCN1CCN(C(=O)C2CCCC2)CC1.I. The van der Waals surface area contributed by atoms with Gasteiger partial charge >= 0.3 is 0 Å². The maximum Gasteiger partial charge on any atom is 0.225 e. The molecule has 1 aromatic rings. The maximum absolute atomic E-state index is 12.6. The Morgan fingerprint density at radius 2 is 2.00 bits per heavy atom. The molecule has 2 fully saturated rings. The van der Waals surface area contributed by atoms with E-state index in [4.69, 9.17) is 9.15 Å². The Labute approximate surface area is 209 Å². The van der Waals surface area contributed by atoms with Gasteiger partial charge in [-0.3, -0.25) is 14.7 Å². The van der Waals surface area contributed by atoms with Gasteiger partial charge in [-0.15, -0.1) is 24.0 Å². The number of ether oxygens (including phenoxy) is 1. The number of amides is 1. The zero-order valence-corrected chi connectivity index (χ0v) is 21.7. The molecule has 0 spiro atoms. The molecule has 182 valence electrons. The van der Waals surface area contributed by atoms with Crippen molar-refractivity contribution in [2.45, 2.75) is 45.6 Å². The average molecular weight is 562 g/mol. The van der Waals surface area contributed by atoms with E-state index in [1.54, 1.807) is 6.26 Å². The molecule has 0 aromatic carbocycles. The van der Waals surface area contributed by atoms with Gasteiger partial charge < -0.3 is 24.7 Å². The summed E-state index contributed by atoms with van der Waals surface area (Å²) in [7, 11) is 0. The second kappa shape index (κ2) is 15.5. The van der Waals surface area contributed by atoms with Crippen LogP contribution in [0.1, 0.15) is 44.8 Å². The van der Waals surface area contributed by atoms with Gasteiger partial charge in [0.1, 0.15) is 12.4 Å². The summed E-state index contributed by atoms with van der Waals surface area (Å²) in [6.07, 6.45) is 7.14. The van der Waals surface area contributed by atoms with Crippen LogP contribution in [0.25, 0.3) is 0 Å². The first-order chi connectivity index (χ1) is 15.3. The predicted octanol–water partition coefficient (Wildman–Crippen LogP) is 2.69. The van der Waals surface area contributed by atoms with Gasteiger partial charge in [0, 0.05) is 64.9 Å². The number of rotatable bonds is 11. The van der Waals surface area contributed by atoms with E-state index < -0.39 is 0 Å². The van der Waals surface area contributed by atoms with E-state index in [2.05, 4.69) is 32.3 Å². The van der Waals surface area contributed by atoms with Crippen molar-refractivity contribution in [3.63, 3.8) is 0 Å². The molecule has 0 unspecified atom stereocenters. The van der Waals surface area contributed by atoms with Crippen molar-refractivity contribution in [1.82, 2.24) is 20.4 Å². The van der Waals surface area contributed by atoms with E-state index in [-0.39, 0.29) is 24.0 Å². The summed E-state index contributed by atoms with van der Waals surface area (Å²) in [6, 6.07) is 3.78. The van der Waals surface area contributed by atoms with E-state index in [1.165, 1.54) is 12.8 Å². The number of halogens is 1. The molecule has 1 aliphatic heterocycles. The zero-order valence-electron chi connectivity index (χ0n) is 19.4. The van der Waals surface area contributed by atoms with E-state index in [9.17, 15) is 4.79 Å². The number of furan rings is 1. The van der Waals surface area contributed by atoms with E-state index >= 15 is 0 Å². The van der Waals surface area contributed by atoms with Crippen molar-refractivity contribution in [1.29, 1.82) is 0 Å². The van der Waals surface area contributed by atoms with Crippen LogP contribution in [-0.2, 0) is 16.1 Å². The summed E-state index contributed by atoms with van der Waals surface area (Å²) in [5.41, 5.74) is 0. The second-order valence-electron chi connectivity index (χ2n) is 8.32. The molecule has 1 saturated heterocycles. The van der Waals surface area contributed by atoms with Gasteiger partial charge in [-0.25, -0.2) is 0 Å². The monoisotopic (exact) mass is 561 g/mol. The maximum atomic E-state index is 12.6. The van der Waals surface area contributed by atoms with Crippen LogP contribution in [0.4, 0.5) is 0 Å². The highest BCUT2D eigenvalue weighted by molar-refractivity contribution is 14.0. The summed E-state index contributed by atoms with van der Waals surface area (Å²) in [6.45, 7) is 10.2. The number of carbonyl (C=O) groups is 1. The number of carbonyl (C=O) groups excluding carboxylic acids is 1. The highest BCUT2D eigenvalue weighted by Gasteiger charge is 2.29. The van der Waals surface area contributed by atoms with Crippen molar-refractivity contribution < 1.29 is 13.9 Å². The molecule has 8 nitrogen and oxygen atoms in total. The van der Waals surface area contributed by atoms with Crippen LogP contribution in [0.15, 0.2) is 27.8 Å². The smallest absolute Gasteiger partial charge is 0.225 e. The van der Waals surface area contributed by atoms with Gasteiger partial charge in [0.2, 0.25) is 5.91 Å². The molecule has 1 aliphatic carbocycles. The first-order valence-electron chi connectivity index (χ1n) is 11.9. The number of hydrogen-bond acceptors (Lipinski definition) is 5. The lowest BCUT2D eigenvalue weighted by Crippen LogP contribution is -2.51. The lowest BCUT2D eigenvalue weighted by Gasteiger charge is -2.36. The fourth-order valence-corrected chi connectivity index (χ4v) is 4.22. The summed E-state index contributed by atoms with van der Waals surface area (Å²) in [5.74, 6) is 2.39. The van der Waals surface area contributed by atoms with Crippen LogP contribution in [0.5, 0.6) is 0 Å². The van der Waals surface area contributed by atoms with Crippen LogP contribution in [0.3, 0.4) is 0 Å². The lowest BCUT2D eigenvalue weighted by molar-refractivity contribution is -0.137. The van der Waals surface area contributed by atoms with Crippen molar-refractivity contribution >= 4 is 35.8 Å². The molecule has 0 atom stereocenters. The quantitative estimate of drug-likeness (QED) is 0.187. The number of nitrogens with zero attached hydrogens (tertiary/aromatic N) is 3. The Hall–Kier alpha value is -1.33. The van der Waals surface area contributed by atoms with Crippen molar-refractivity contribution in [3.05, 3.63) is 24.2 Å². The largest absolute Gasteiger partial charge is 0.467 e. The standard InChI is InChI=1S/C23H39N5O3.HI/c1-2-24-23(25-10-6-17-30-19-21-9-5-18-31-21)26-11-12-27-13-15-28(16-14-27)22(29)20-7-3-4-8-20;/h5,9,18,20H,2-4,6-8,10-17,19H2,1H3,(H2,24,25,26);1H. The zero-order chi connectivity index (χ0) is 21.7. The summed E-state index contributed by atoms with van der Waals surface area (Å²) in [4.78, 5) is 21.7.